The third-order valence-electron chi connectivity index (χ3n) is 8.96. The summed E-state index contributed by atoms with van der Waals surface area (Å²) in [5.74, 6) is -1.25. The minimum Gasteiger partial charge on any atom is -0.500 e. The van der Waals surface area contributed by atoms with Crippen LogP contribution in [0.3, 0.4) is 0 Å². The van der Waals surface area contributed by atoms with Crippen molar-refractivity contribution in [1.82, 2.24) is 9.97 Å². The molecule has 8 rings (SSSR count). The second-order valence-electron chi connectivity index (χ2n) is 13.4. The van der Waals surface area contributed by atoms with E-state index < -0.39 is 26.6 Å². The molecule has 3 heterocycles. The molecule has 52 heavy (non-hydrogen) atoms. The molecule has 0 bridgehead atoms. The summed E-state index contributed by atoms with van der Waals surface area (Å²) >= 11 is 0. The van der Waals surface area contributed by atoms with Crippen LogP contribution >= 0.6 is 0 Å². The molecule has 1 atom stereocenters. The van der Waals surface area contributed by atoms with Crippen molar-refractivity contribution in [3.05, 3.63) is 174 Å². The number of aryl methyl sites for hydroxylation is 1. The normalized spacial score (nSPS) is 13.8. The molecule has 0 amide bonds. The van der Waals surface area contributed by atoms with Crippen LogP contribution in [0.1, 0.15) is 35.0 Å². The molecule has 0 saturated heterocycles. The van der Waals surface area contributed by atoms with Crippen LogP contribution in [0.4, 0.5) is 4.39 Å². The zero-order chi connectivity index (χ0) is 39.0. The first-order chi connectivity index (χ1) is 26.2. The Labute approximate surface area is 325 Å². The third-order valence-corrected chi connectivity index (χ3v) is 11.0. The zero-order valence-electron chi connectivity index (χ0n) is 33.3. The van der Waals surface area contributed by atoms with E-state index in [0.29, 0.717) is 38.8 Å². The van der Waals surface area contributed by atoms with Crippen molar-refractivity contribution in [3.63, 3.8) is 0 Å². The van der Waals surface area contributed by atoms with Crippen LogP contribution in [0.15, 0.2) is 144 Å². The molecular weight excluding hydrogens is 836 g/mol. The van der Waals surface area contributed by atoms with Crippen LogP contribution in [-0.4, -0.2) is 18.0 Å². The molecule has 0 aliphatic heterocycles. The van der Waals surface area contributed by atoms with Crippen LogP contribution in [0.25, 0.3) is 55.6 Å². The van der Waals surface area contributed by atoms with Gasteiger partial charge in [0.15, 0.2) is 0 Å². The van der Waals surface area contributed by atoms with Crippen molar-refractivity contribution in [1.29, 1.82) is 0 Å². The number of furan rings is 1. The van der Waals surface area contributed by atoms with Crippen molar-refractivity contribution in [3.8, 4) is 33.6 Å². The van der Waals surface area contributed by atoms with Crippen LogP contribution in [0, 0.1) is 24.8 Å². The third kappa shape index (κ3) is 7.61. The van der Waals surface area contributed by atoms with Crippen molar-refractivity contribution < 1.29 is 34.4 Å². The van der Waals surface area contributed by atoms with E-state index in [2.05, 4.69) is 42.8 Å². The summed E-state index contributed by atoms with van der Waals surface area (Å²) in [5, 5.41) is 2.28. The molecule has 5 aromatic carbocycles. The smallest absolute Gasteiger partial charge is 0.121 e. The van der Waals surface area contributed by atoms with Gasteiger partial charge in [0.1, 0.15) is 5.58 Å². The molecule has 0 spiro atoms. The number of hydrogen-bond acceptors (Lipinski definition) is 3. The van der Waals surface area contributed by atoms with Gasteiger partial charge >= 0.3 is 0 Å². The number of hydrogen-bond donors (Lipinski definition) is 0. The Bertz CT molecular complexity index is 2610. The maximum atomic E-state index is 14.6. The van der Waals surface area contributed by atoms with E-state index in [1.165, 1.54) is 17.4 Å². The number of rotatable bonds is 6. The summed E-state index contributed by atoms with van der Waals surface area (Å²) in [5.41, 5.74) is 7.21. The Hall–Kier alpha value is -5.00. The maximum Gasteiger partial charge on any atom is 0.121 e. The predicted octanol–water partition coefficient (Wildman–Crippen LogP) is 11.8. The van der Waals surface area contributed by atoms with Gasteiger partial charge in [-0.2, -0.15) is 0 Å². The second kappa shape index (κ2) is 15.7. The van der Waals surface area contributed by atoms with Crippen molar-refractivity contribution in [2.75, 3.05) is 0 Å². The van der Waals surface area contributed by atoms with E-state index in [1.54, 1.807) is 18.2 Å². The quantitative estimate of drug-likeness (QED) is 0.123. The van der Waals surface area contributed by atoms with Gasteiger partial charge in [0.05, 0.1) is 13.7 Å². The Morgan fingerprint density at radius 1 is 0.808 bits per heavy atom. The summed E-state index contributed by atoms with van der Waals surface area (Å²) < 4.78 is 53.4. The Kier molecular flexibility index (Phi) is 9.58. The molecule has 6 heteroatoms. The summed E-state index contributed by atoms with van der Waals surface area (Å²) in [6, 6.07) is 45.7. The molecule has 3 aromatic heterocycles. The van der Waals surface area contributed by atoms with Crippen LogP contribution in [-0.2, 0) is 20.1 Å². The maximum absolute atomic E-state index is 14.6. The minimum absolute atomic E-state index is 0. The van der Waals surface area contributed by atoms with Crippen LogP contribution < -0.4 is 5.19 Å². The molecule has 0 aliphatic rings. The SMILES string of the molecule is [2H]C(C)(c1ccccc1)c1cc(-c2[c-]cccc2)ncc1[Si](C)(C)C.[2H]C([2H])([2H])c1cnc(-c2[c-]cc(F)c3c2oc2ccccc23)cc1-c1ccccc1.[Ir]. The number of nitrogens with zero attached hydrogens (tertiary/aromatic N) is 2. The molecule has 8 aromatic rings. The van der Waals surface area contributed by atoms with E-state index in [9.17, 15) is 5.76 Å². The first-order valence-corrected chi connectivity index (χ1v) is 20.3. The molecule has 0 saturated carbocycles. The Morgan fingerprint density at radius 3 is 2.21 bits per heavy atom. The van der Waals surface area contributed by atoms with Crippen molar-refractivity contribution >= 4 is 35.2 Å². The van der Waals surface area contributed by atoms with E-state index >= 15 is 0 Å². The molecular formula is C46H39FIrN2OSi-2. The Morgan fingerprint density at radius 2 is 1.50 bits per heavy atom. The molecule has 261 valence electrons. The minimum atomic E-state index is -2.32. The summed E-state index contributed by atoms with van der Waals surface area (Å²) in [4.78, 5) is 9.08. The average Bonchev–Trinajstić information content (AvgIpc) is 3.59. The van der Waals surface area contributed by atoms with Gasteiger partial charge in [-0.05, 0) is 62.7 Å². The van der Waals surface area contributed by atoms with Crippen molar-refractivity contribution in [2.45, 2.75) is 39.3 Å². The van der Waals surface area contributed by atoms with Gasteiger partial charge in [0, 0.05) is 55.1 Å². The topological polar surface area (TPSA) is 38.9 Å². The van der Waals surface area contributed by atoms with Crippen LogP contribution in [0.5, 0.6) is 0 Å². The number of pyridine rings is 2. The molecule has 0 fully saturated rings. The van der Waals surface area contributed by atoms with Gasteiger partial charge in [-0.15, -0.1) is 48.0 Å². The Balaban J connectivity index is 0.000000190. The van der Waals surface area contributed by atoms with Crippen LogP contribution in [0.2, 0.25) is 19.6 Å². The monoisotopic (exact) mass is 879 g/mol. The van der Waals surface area contributed by atoms with Gasteiger partial charge < -0.3 is 14.4 Å². The fourth-order valence-corrected chi connectivity index (χ4v) is 7.80. The zero-order valence-corrected chi connectivity index (χ0v) is 32.7. The van der Waals surface area contributed by atoms with Gasteiger partial charge in [-0.1, -0.05) is 123 Å². The van der Waals surface area contributed by atoms with Gasteiger partial charge in [-0.25, -0.2) is 0 Å². The number of benzene rings is 5. The number of para-hydroxylation sites is 1. The van der Waals surface area contributed by atoms with Crippen molar-refractivity contribution in [2.24, 2.45) is 0 Å². The van der Waals surface area contributed by atoms with Gasteiger partial charge in [0.2, 0.25) is 0 Å². The average molecular weight is 879 g/mol. The summed E-state index contributed by atoms with van der Waals surface area (Å²) in [6.45, 7) is 6.59. The van der Waals surface area contributed by atoms with E-state index in [0.717, 1.165) is 27.9 Å². The standard InChI is InChI=1S/C24H15FNO.C22H24NSi.Ir/c1-15-14-26-21(13-19(15)16-7-3-2-4-8-16)17-11-12-20(25)23-18-9-5-6-10-22(18)27-24(17)23;1-17(18-11-7-5-8-12-18)20-15-21(19-13-9-6-10-14-19)23-16-22(20)24(2,3)4;/h2-10,12-14H,1H3;5-13,15-17H,1-4H3;/q2*-1;/i1D3;17D;. The van der Waals surface area contributed by atoms with Gasteiger partial charge in [0.25, 0.3) is 0 Å². The number of halogens is 1. The molecule has 1 radical (unpaired) electrons. The molecule has 1 unspecified atom stereocenters. The fourth-order valence-electron chi connectivity index (χ4n) is 6.28. The molecule has 0 aliphatic carbocycles. The number of aromatic nitrogens is 2. The largest absolute Gasteiger partial charge is 0.500 e. The van der Waals surface area contributed by atoms with E-state index in [1.807, 2.05) is 110 Å². The van der Waals surface area contributed by atoms with E-state index in [-0.39, 0.29) is 25.7 Å². The first kappa shape index (κ1) is 31.7. The fraction of sp³-hybridized carbons (Fsp3) is 0.130. The summed E-state index contributed by atoms with van der Waals surface area (Å²) in [6.07, 6.45) is 3.35. The number of fused-ring (bicyclic) bond motifs is 3. The second-order valence-corrected chi connectivity index (χ2v) is 18.5. The van der Waals surface area contributed by atoms with Gasteiger partial charge in [-0.3, -0.25) is 4.39 Å². The summed E-state index contributed by atoms with van der Waals surface area (Å²) in [7, 11) is -1.64. The molecule has 0 N–H and O–H groups in total. The van der Waals surface area contributed by atoms with E-state index in [4.69, 9.17) is 13.5 Å². The molecule has 3 nitrogen and oxygen atoms in total. The predicted molar refractivity (Wildman–Crippen MR) is 211 cm³/mol. The first-order valence-electron chi connectivity index (χ1n) is 18.8.